The van der Waals surface area contributed by atoms with Gasteiger partial charge in [0.15, 0.2) is 0 Å². The Kier molecular flexibility index (Phi) is 5.89. The highest BCUT2D eigenvalue weighted by atomic mass is 35.5. The van der Waals surface area contributed by atoms with Gasteiger partial charge in [0.25, 0.3) is 11.1 Å². The first kappa shape index (κ1) is 19.2. The van der Waals surface area contributed by atoms with Crippen molar-refractivity contribution in [2.75, 3.05) is 0 Å². The second-order valence-electron chi connectivity index (χ2n) is 6.31. The van der Waals surface area contributed by atoms with Gasteiger partial charge in [-0.15, -0.1) is 0 Å². The van der Waals surface area contributed by atoms with Crippen LogP contribution in [0.15, 0.2) is 84.4 Å². The second-order valence-corrected chi connectivity index (χ2v) is 7.61. The number of hydrogen-bond acceptors (Lipinski definition) is 4. The number of thiazole rings is 1. The van der Waals surface area contributed by atoms with Crippen LogP contribution in [0.4, 0.5) is 0 Å². The lowest BCUT2D eigenvalue weighted by Crippen LogP contribution is -2.22. The number of carbonyl (C=O) groups is 1. The molecule has 6 heteroatoms. The molecule has 0 unspecified atom stereocenters. The minimum Gasteiger partial charge on any atom is -0.431 e. The predicted molar refractivity (Wildman–Crippen MR) is 117 cm³/mol. The van der Waals surface area contributed by atoms with Crippen molar-refractivity contribution in [3.63, 3.8) is 0 Å². The molecule has 0 saturated carbocycles. The number of nitrogens with zero attached hydrogens (tertiary/aromatic N) is 1. The summed E-state index contributed by atoms with van der Waals surface area (Å²) in [5, 5.41) is 6.09. The first-order valence-electron chi connectivity index (χ1n) is 8.98. The van der Waals surface area contributed by atoms with Crippen molar-refractivity contribution in [2.45, 2.75) is 6.54 Å². The van der Waals surface area contributed by atoms with E-state index in [9.17, 15) is 4.79 Å². The number of carbonyl (C=O) groups excluding carboxylic acids is 1. The number of ether oxygens (including phenoxy) is 1. The monoisotopic (exact) mass is 420 g/mol. The van der Waals surface area contributed by atoms with Crippen LogP contribution in [0.1, 0.15) is 15.9 Å². The molecule has 0 atom stereocenters. The summed E-state index contributed by atoms with van der Waals surface area (Å²) in [5.74, 6) is 0.595. The Morgan fingerprint density at radius 3 is 2.48 bits per heavy atom. The average molecular weight is 421 g/mol. The van der Waals surface area contributed by atoms with E-state index in [4.69, 9.17) is 16.3 Å². The molecule has 4 aromatic rings. The fourth-order valence-corrected chi connectivity index (χ4v) is 3.50. The van der Waals surface area contributed by atoms with Gasteiger partial charge in [-0.1, -0.05) is 59.3 Å². The summed E-state index contributed by atoms with van der Waals surface area (Å²) >= 11 is 7.48. The van der Waals surface area contributed by atoms with Crippen LogP contribution in [-0.4, -0.2) is 10.9 Å². The normalized spacial score (nSPS) is 10.5. The molecule has 0 aliphatic heterocycles. The van der Waals surface area contributed by atoms with Gasteiger partial charge in [-0.2, -0.15) is 0 Å². The molecule has 0 aliphatic carbocycles. The Bertz CT molecular complexity index is 1090. The molecule has 4 nitrogen and oxygen atoms in total. The van der Waals surface area contributed by atoms with Crippen molar-refractivity contribution in [1.29, 1.82) is 0 Å². The Morgan fingerprint density at radius 1 is 1.00 bits per heavy atom. The van der Waals surface area contributed by atoms with Crippen molar-refractivity contribution in [3.05, 3.63) is 101 Å². The third-order valence-corrected chi connectivity index (χ3v) is 5.18. The molecule has 4 rings (SSSR count). The first-order valence-corrected chi connectivity index (χ1v) is 10.2. The number of benzene rings is 3. The third kappa shape index (κ3) is 5.02. The van der Waals surface area contributed by atoms with Crippen LogP contribution in [-0.2, 0) is 6.54 Å². The van der Waals surface area contributed by atoms with E-state index in [1.165, 1.54) is 11.3 Å². The largest absolute Gasteiger partial charge is 0.431 e. The summed E-state index contributed by atoms with van der Waals surface area (Å²) in [7, 11) is 0. The Hall–Kier alpha value is -3.15. The van der Waals surface area contributed by atoms with E-state index in [2.05, 4.69) is 10.3 Å². The maximum absolute atomic E-state index is 12.4. The Morgan fingerprint density at radius 2 is 1.79 bits per heavy atom. The molecule has 1 heterocycles. The van der Waals surface area contributed by atoms with Gasteiger partial charge >= 0.3 is 0 Å². The first-order chi connectivity index (χ1) is 14.2. The Labute approximate surface area is 177 Å². The van der Waals surface area contributed by atoms with Crippen LogP contribution in [0.5, 0.6) is 10.9 Å². The van der Waals surface area contributed by atoms with Crippen LogP contribution in [0.25, 0.3) is 11.1 Å². The van der Waals surface area contributed by atoms with E-state index in [-0.39, 0.29) is 5.91 Å². The standard InChI is InChI=1S/C23H17ClN2O2S/c24-20-3-1-2-19(14-20)17-6-8-18(9-7-17)22(27)26-15-16-4-10-21(11-5-16)28-23-25-12-13-29-23/h1-14H,15H2,(H,26,27). The fourth-order valence-electron chi connectivity index (χ4n) is 2.80. The van der Waals surface area contributed by atoms with Gasteiger partial charge < -0.3 is 10.1 Å². The predicted octanol–water partition coefficient (Wildman–Crippen LogP) is 6.19. The summed E-state index contributed by atoms with van der Waals surface area (Å²) in [6.45, 7) is 0.437. The molecule has 1 aromatic heterocycles. The zero-order valence-electron chi connectivity index (χ0n) is 15.3. The quantitative estimate of drug-likeness (QED) is 0.405. The number of aromatic nitrogens is 1. The third-order valence-electron chi connectivity index (χ3n) is 4.30. The molecule has 0 aliphatic rings. The zero-order valence-corrected chi connectivity index (χ0v) is 16.9. The number of amides is 1. The van der Waals surface area contributed by atoms with Gasteiger partial charge in [0, 0.05) is 28.7 Å². The van der Waals surface area contributed by atoms with Crippen molar-refractivity contribution >= 4 is 28.8 Å². The molecule has 3 aromatic carbocycles. The number of hydrogen-bond donors (Lipinski definition) is 1. The lowest BCUT2D eigenvalue weighted by Gasteiger charge is -2.08. The van der Waals surface area contributed by atoms with Crippen molar-refractivity contribution < 1.29 is 9.53 Å². The lowest BCUT2D eigenvalue weighted by atomic mass is 10.0. The summed E-state index contributed by atoms with van der Waals surface area (Å²) in [4.78, 5) is 16.5. The number of rotatable bonds is 6. The van der Waals surface area contributed by atoms with E-state index in [0.29, 0.717) is 28.1 Å². The van der Waals surface area contributed by atoms with Crippen molar-refractivity contribution in [3.8, 4) is 22.1 Å². The maximum atomic E-state index is 12.4. The Balaban J connectivity index is 1.34. The molecule has 0 spiro atoms. The highest BCUT2D eigenvalue weighted by Crippen LogP contribution is 2.24. The van der Waals surface area contributed by atoms with Crippen LogP contribution in [0, 0.1) is 0 Å². The van der Waals surface area contributed by atoms with Gasteiger partial charge in [0.05, 0.1) is 0 Å². The molecule has 0 radical (unpaired) electrons. The molecular weight excluding hydrogens is 404 g/mol. The smallest absolute Gasteiger partial charge is 0.278 e. The molecule has 0 fully saturated rings. The van der Waals surface area contributed by atoms with E-state index < -0.39 is 0 Å². The molecule has 29 heavy (non-hydrogen) atoms. The van der Waals surface area contributed by atoms with E-state index in [1.54, 1.807) is 6.20 Å². The second kappa shape index (κ2) is 8.90. The fraction of sp³-hybridized carbons (Fsp3) is 0.0435. The van der Waals surface area contributed by atoms with Gasteiger partial charge in [-0.25, -0.2) is 4.98 Å². The summed E-state index contributed by atoms with van der Waals surface area (Å²) in [5.41, 5.74) is 3.63. The highest BCUT2D eigenvalue weighted by molar-refractivity contribution is 7.11. The minimum absolute atomic E-state index is 0.120. The van der Waals surface area contributed by atoms with Crippen LogP contribution >= 0.6 is 22.9 Å². The van der Waals surface area contributed by atoms with Crippen molar-refractivity contribution in [1.82, 2.24) is 10.3 Å². The lowest BCUT2D eigenvalue weighted by molar-refractivity contribution is 0.0951. The molecular formula is C23H17ClN2O2S. The van der Waals surface area contributed by atoms with Gasteiger partial charge in [-0.3, -0.25) is 4.79 Å². The van der Waals surface area contributed by atoms with E-state index in [1.807, 2.05) is 78.2 Å². The van der Waals surface area contributed by atoms with E-state index in [0.717, 1.165) is 16.7 Å². The zero-order chi connectivity index (χ0) is 20.1. The summed E-state index contributed by atoms with van der Waals surface area (Å²) < 4.78 is 5.64. The van der Waals surface area contributed by atoms with Gasteiger partial charge in [0.1, 0.15) is 5.75 Å². The van der Waals surface area contributed by atoms with Crippen LogP contribution in [0.2, 0.25) is 5.02 Å². The number of halogens is 1. The van der Waals surface area contributed by atoms with Gasteiger partial charge in [0.2, 0.25) is 0 Å². The molecule has 1 amide bonds. The molecule has 0 saturated heterocycles. The van der Waals surface area contributed by atoms with Crippen LogP contribution in [0.3, 0.4) is 0 Å². The average Bonchev–Trinajstić information content (AvgIpc) is 3.26. The summed E-state index contributed by atoms with van der Waals surface area (Å²) in [6, 6.07) is 22.7. The van der Waals surface area contributed by atoms with E-state index >= 15 is 0 Å². The minimum atomic E-state index is -0.120. The molecule has 1 N–H and O–H groups in total. The summed E-state index contributed by atoms with van der Waals surface area (Å²) in [6.07, 6.45) is 1.70. The van der Waals surface area contributed by atoms with Crippen LogP contribution < -0.4 is 10.1 Å². The SMILES string of the molecule is O=C(NCc1ccc(Oc2nccs2)cc1)c1ccc(-c2cccc(Cl)c2)cc1. The molecule has 0 bridgehead atoms. The van der Waals surface area contributed by atoms with Crippen molar-refractivity contribution in [2.24, 2.45) is 0 Å². The highest BCUT2D eigenvalue weighted by Gasteiger charge is 2.07. The topological polar surface area (TPSA) is 51.2 Å². The maximum Gasteiger partial charge on any atom is 0.278 e. The molecule has 144 valence electrons. The van der Waals surface area contributed by atoms with Gasteiger partial charge in [-0.05, 0) is 53.1 Å². The number of nitrogens with one attached hydrogen (secondary N) is 1.